The van der Waals surface area contributed by atoms with Crippen LogP contribution in [-0.2, 0) is 9.59 Å². The molecule has 1 N–H and O–H groups in total. The van der Waals surface area contributed by atoms with Crippen molar-refractivity contribution in [2.24, 2.45) is 5.41 Å². The fraction of sp³-hybridized carbons (Fsp3) is 0.833. The first-order valence-electron chi connectivity index (χ1n) is 5.92. The highest BCUT2D eigenvalue weighted by Gasteiger charge is 2.55. The average Bonchev–Trinajstić information content (AvgIpc) is 2.81. The summed E-state index contributed by atoms with van der Waals surface area (Å²) in [5, 5.41) is 2.80. The molecule has 1 aliphatic heterocycles. The van der Waals surface area contributed by atoms with Crippen molar-refractivity contribution in [2.75, 3.05) is 6.54 Å². The van der Waals surface area contributed by atoms with Gasteiger partial charge >= 0.3 is 0 Å². The van der Waals surface area contributed by atoms with Crippen LogP contribution >= 0.6 is 0 Å². The Balaban J connectivity index is 2.20. The number of hydrogen-bond donors (Lipinski definition) is 1. The third-order valence-corrected chi connectivity index (χ3v) is 4.01. The van der Waals surface area contributed by atoms with Crippen LogP contribution in [0.5, 0.6) is 0 Å². The highest BCUT2D eigenvalue weighted by molar-refractivity contribution is 5.98. The number of rotatable bonds is 2. The zero-order valence-electron chi connectivity index (χ0n) is 10.5. The average molecular weight is 224 g/mol. The second kappa shape index (κ2) is 3.22. The molecule has 4 heteroatoms. The Morgan fingerprint density at radius 2 is 1.94 bits per heavy atom. The molecule has 4 nitrogen and oxygen atoms in total. The molecular formula is C12H20N2O2. The van der Waals surface area contributed by atoms with Gasteiger partial charge in [0, 0.05) is 6.04 Å². The zero-order valence-corrected chi connectivity index (χ0v) is 10.5. The second-order valence-corrected chi connectivity index (χ2v) is 5.88. The van der Waals surface area contributed by atoms with Crippen LogP contribution in [0.15, 0.2) is 0 Å². The van der Waals surface area contributed by atoms with Crippen molar-refractivity contribution in [3.05, 3.63) is 0 Å². The summed E-state index contributed by atoms with van der Waals surface area (Å²) in [4.78, 5) is 25.7. The van der Waals surface area contributed by atoms with Crippen LogP contribution in [0.3, 0.4) is 0 Å². The fourth-order valence-electron chi connectivity index (χ4n) is 2.41. The van der Waals surface area contributed by atoms with Crippen LogP contribution in [0.4, 0.5) is 0 Å². The number of amides is 2. The molecular weight excluding hydrogens is 204 g/mol. The molecule has 0 aromatic rings. The Labute approximate surface area is 96.4 Å². The standard InChI is InChI=1S/C12H20N2O2/c1-5-12(4)10(16)14(7-9(15)13-12)8-6-11(8,2)3/h8H,5-7H2,1-4H3,(H,13,15). The second-order valence-electron chi connectivity index (χ2n) is 5.88. The molecule has 1 saturated heterocycles. The SMILES string of the molecule is CCC1(C)NC(=O)CN(C2CC2(C)C)C1=O. The van der Waals surface area contributed by atoms with Crippen LogP contribution in [0.25, 0.3) is 0 Å². The van der Waals surface area contributed by atoms with Gasteiger partial charge in [-0.15, -0.1) is 0 Å². The number of carbonyl (C=O) groups excluding carboxylic acids is 2. The molecule has 2 unspecified atom stereocenters. The molecule has 16 heavy (non-hydrogen) atoms. The molecule has 1 heterocycles. The summed E-state index contributed by atoms with van der Waals surface area (Å²) >= 11 is 0. The van der Waals surface area contributed by atoms with Crippen LogP contribution in [0.2, 0.25) is 0 Å². The minimum absolute atomic E-state index is 0.0355. The molecule has 2 rings (SSSR count). The maximum atomic E-state index is 12.3. The van der Waals surface area contributed by atoms with Crippen LogP contribution in [0, 0.1) is 5.41 Å². The molecule has 0 bridgehead atoms. The predicted octanol–water partition coefficient (Wildman–Crippen LogP) is 0.912. The van der Waals surface area contributed by atoms with Crippen LogP contribution in [0.1, 0.15) is 40.5 Å². The van der Waals surface area contributed by atoms with Gasteiger partial charge in [-0.05, 0) is 25.2 Å². The van der Waals surface area contributed by atoms with E-state index in [1.54, 1.807) is 4.90 Å². The summed E-state index contributed by atoms with van der Waals surface area (Å²) in [5.41, 5.74) is -0.518. The summed E-state index contributed by atoms with van der Waals surface area (Å²) in [6.45, 7) is 8.25. The number of carbonyl (C=O) groups is 2. The molecule has 0 spiro atoms. The fourth-order valence-corrected chi connectivity index (χ4v) is 2.41. The van der Waals surface area contributed by atoms with Crippen molar-refractivity contribution >= 4 is 11.8 Å². The zero-order chi connectivity index (χ0) is 12.1. The van der Waals surface area contributed by atoms with Crippen molar-refractivity contribution in [1.29, 1.82) is 0 Å². The predicted molar refractivity (Wildman–Crippen MR) is 60.7 cm³/mol. The van der Waals surface area contributed by atoms with Gasteiger partial charge in [-0.1, -0.05) is 20.8 Å². The molecule has 2 amide bonds. The first-order valence-corrected chi connectivity index (χ1v) is 5.92. The third kappa shape index (κ3) is 1.60. The highest BCUT2D eigenvalue weighted by Crippen LogP contribution is 2.49. The normalized spacial score (nSPS) is 37.2. The summed E-state index contributed by atoms with van der Waals surface area (Å²) in [6, 6.07) is 0.247. The molecule has 0 radical (unpaired) electrons. The van der Waals surface area contributed by atoms with E-state index in [0.29, 0.717) is 6.42 Å². The number of hydrogen-bond acceptors (Lipinski definition) is 2. The summed E-state index contributed by atoms with van der Waals surface area (Å²) in [6.07, 6.45) is 1.65. The van der Waals surface area contributed by atoms with E-state index in [2.05, 4.69) is 19.2 Å². The van der Waals surface area contributed by atoms with Crippen molar-refractivity contribution in [3.8, 4) is 0 Å². The van der Waals surface area contributed by atoms with Gasteiger partial charge in [0.1, 0.15) is 5.54 Å². The quantitative estimate of drug-likeness (QED) is 0.758. The third-order valence-electron chi connectivity index (χ3n) is 4.01. The lowest BCUT2D eigenvalue weighted by Crippen LogP contribution is -2.65. The Hall–Kier alpha value is -1.06. The van der Waals surface area contributed by atoms with Crippen molar-refractivity contribution < 1.29 is 9.59 Å². The summed E-state index contributed by atoms with van der Waals surface area (Å²) in [7, 11) is 0. The molecule has 90 valence electrons. The van der Waals surface area contributed by atoms with Crippen molar-refractivity contribution in [3.63, 3.8) is 0 Å². The smallest absolute Gasteiger partial charge is 0.248 e. The summed E-state index contributed by atoms with van der Waals surface area (Å²) in [5.74, 6) is 0.0387. The monoisotopic (exact) mass is 224 g/mol. The molecule has 0 aromatic heterocycles. The molecule has 0 aromatic carbocycles. The number of piperazine rings is 1. The largest absolute Gasteiger partial charge is 0.340 e. The van der Waals surface area contributed by atoms with Gasteiger partial charge in [-0.2, -0.15) is 0 Å². The van der Waals surface area contributed by atoms with Crippen molar-refractivity contribution in [2.45, 2.75) is 52.1 Å². The Kier molecular flexibility index (Phi) is 2.30. The minimum Gasteiger partial charge on any atom is -0.340 e. The Morgan fingerprint density at radius 1 is 1.38 bits per heavy atom. The highest BCUT2D eigenvalue weighted by atomic mass is 16.2. The molecule has 1 saturated carbocycles. The van der Waals surface area contributed by atoms with E-state index in [1.165, 1.54) is 0 Å². The van der Waals surface area contributed by atoms with Gasteiger partial charge in [-0.25, -0.2) is 0 Å². The van der Waals surface area contributed by atoms with E-state index in [-0.39, 0.29) is 29.8 Å². The van der Waals surface area contributed by atoms with E-state index in [1.807, 2.05) is 13.8 Å². The van der Waals surface area contributed by atoms with E-state index in [4.69, 9.17) is 0 Å². The van der Waals surface area contributed by atoms with E-state index in [0.717, 1.165) is 6.42 Å². The van der Waals surface area contributed by atoms with Gasteiger partial charge in [0.2, 0.25) is 11.8 Å². The Morgan fingerprint density at radius 3 is 2.38 bits per heavy atom. The lowest BCUT2D eigenvalue weighted by atomic mass is 9.94. The van der Waals surface area contributed by atoms with E-state index < -0.39 is 5.54 Å². The maximum absolute atomic E-state index is 12.3. The summed E-state index contributed by atoms with van der Waals surface area (Å²) < 4.78 is 0. The molecule has 2 fully saturated rings. The lowest BCUT2D eigenvalue weighted by Gasteiger charge is -2.40. The van der Waals surface area contributed by atoms with E-state index >= 15 is 0 Å². The number of nitrogens with one attached hydrogen (secondary N) is 1. The van der Waals surface area contributed by atoms with Gasteiger partial charge in [0.25, 0.3) is 0 Å². The van der Waals surface area contributed by atoms with Crippen LogP contribution < -0.4 is 5.32 Å². The first-order chi connectivity index (χ1) is 7.30. The number of nitrogens with zero attached hydrogens (tertiary/aromatic N) is 1. The first kappa shape index (κ1) is 11.4. The van der Waals surface area contributed by atoms with Crippen molar-refractivity contribution in [1.82, 2.24) is 10.2 Å². The topological polar surface area (TPSA) is 49.4 Å². The Bertz CT molecular complexity index is 351. The minimum atomic E-state index is -0.700. The van der Waals surface area contributed by atoms with Gasteiger partial charge < -0.3 is 10.2 Å². The van der Waals surface area contributed by atoms with E-state index in [9.17, 15) is 9.59 Å². The van der Waals surface area contributed by atoms with Crippen LogP contribution in [-0.4, -0.2) is 34.8 Å². The molecule has 2 atom stereocenters. The molecule has 2 aliphatic rings. The maximum Gasteiger partial charge on any atom is 0.248 e. The lowest BCUT2D eigenvalue weighted by molar-refractivity contribution is -0.150. The van der Waals surface area contributed by atoms with Gasteiger partial charge in [-0.3, -0.25) is 9.59 Å². The molecule has 1 aliphatic carbocycles. The van der Waals surface area contributed by atoms with Gasteiger partial charge in [0.05, 0.1) is 6.54 Å². The van der Waals surface area contributed by atoms with Gasteiger partial charge in [0.15, 0.2) is 0 Å².